The first-order valence-corrected chi connectivity index (χ1v) is 11.2. The SMILES string of the molecule is O=C(NC1CCN(C(=O)c2ccoc2)CC1)c1csc(-c2cnn(-c3ccccc3)c2)n1. The van der Waals surface area contributed by atoms with Crippen molar-refractivity contribution in [3.8, 4) is 16.3 Å². The van der Waals surface area contributed by atoms with E-state index in [2.05, 4.69) is 15.4 Å². The highest BCUT2D eigenvalue weighted by Gasteiger charge is 2.26. The molecule has 1 fully saturated rings. The van der Waals surface area contributed by atoms with Crippen LogP contribution < -0.4 is 5.32 Å². The lowest BCUT2D eigenvalue weighted by molar-refractivity contribution is 0.0697. The molecule has 4 heterocycles. The summed E-state index contributed by atoms with van der Waals surface area (Å²) in [6.45, 7) is 1.19. The van der Waals surface area contributed by atoms with Gasteiger partial charge in [-0.15, -0.1) is 11.3 Å². The lowest BCUT2D eigenvalue weighted by atomic mass is 10.0. The van der Waals surface area contributed by atoms with Crippen molar-refractivity contribution < 1.29 is 14.0 Å². The van der Waals surface area contributed by atoms with Gasteiger partial charge in [-0.3, -0.25) is 9.59 Å². The van der Waals surface area contributed by atoms with Crippen molar-refractivity contribution in [1.29, 1.82) is 0 Å². The van der Waals surface area contributed by atoms with Gasteiger partial charge in [-0.1, -0.05) is 18.2 Å². The third-order valence-corrected chi connectivity index (χ3v) is 6.36. The number of para-hydroxylation sites is 1. The maximum atomic E-state index is 12.7. The highest BCUT2D eigenvalue weighted by atomic mass is 32.1. The van der Waals surface area contributed by atoms with Crippen LogP contribution in [0.3, 0.4) is 0 Å². The number of amides is 2. The number of piperidine rings is 1. The standard InChI is InChI=1S/C23H21N5O3S/c29-21(25-18-6-9-27(10-7-18)23(30)16-8-11-31-14-16)20-15-32-22(26-20)17-12-24-28(13-17)19-4-2-1-3-5-19/h1-5,8,11-15,18H,6-7,9-10H2,(H,25,29). The van der Waals surface area contributed by atoms with Gasteiger partial charge in [0, 0.05) is 36.3 Å². The van der Waals surface area contributed by atoms with Crippen molar-refractivity contribution in [2.75, 3.05) is 13.1 Å². The monoisotopic (exact) mass is 447 g/mol. The van der Waals surface area contributed by atoms with Gasteiger partial charge in [0.1, 0.15) is 17.0 Å². The highest BCUT2D eigenvalue weighted by molar-refractivity contribution is 7.13. The van der Waals surface area contributed by atoms with E-state index in [1.807, 2.05) is 36.5 Å². The van der Waals surface area contributed by atoms with Crippen molar-refractivity contribution in [1.82, 2.24) is 25.0 Å². The second-order valence-electron chi connectivity index (χ2n) is 7.60. The Morgan fingerprint density at radius 1 is 1.12 bits per heavy atom. The largest absolute Gasteiger partial charge is 0.472 e. The molecule has 1 aromatic carbocycles. The van der Waals surface area contributed by atoms with Crippen molar-refractivity contribution in [2.24, 2.45) is 0 Å². The van der Waals surface area contributed by atoms with Crippen LogP contribution in [0, 0.1) is 0 Å². The number of furan rings is 1. The van der Waals surface area contributed by atoms with Gasteiger partial charge in [-0.25, -0.2) is 9.67 Å². The molecule has 9 heteroatoms. The normalized spacial score (nSPS) is 14.4. The maximum absolute atomic E-state index is 12.7. The molecule has 0 radical (unpaired) electrons. The first-order chi connectivity index (χ1) is 15.7. The smallest absolute Gasteiger partial charge is 0.270 e. The number of rotatable bonds is 5. The summed E-state index contributed by atoms with van der Waals surface area (Å²) in [5.41, 5.74) is 2.78. The molecule has 32 heavy (non-hydrogen) atoms. The van der Waals surface area contributed by atoms with E-state index in [0.29, 0.717) is 37.2 Å². The highest BCUT2D eigenvalue weighted by Crippen LogP contribution is 2.24. The van der Waals surface area contributed by atoms with Gasteiger partial charge >= 0.3 is 0 Å². The Morgan fingerprint density at radius 3 is 2.69 bits per heavy atom. The molecule has 0 aliphatic carbocycles. The second-order valence-corrected chi connectivity index (χ2v) is 8.46. The van der Waals surface area contributed by atoms with Crippen LogP contribution in [0.15, 0.2) is 71.1 Å². The Kier molecular flexibility index (Phi) is 5.55. The number of hydrogen-bond acceptors (Lipinski definition) is 6. The number of benzene rings is 1. The molecule has 1 saturated heterocycles. The Bertz CT molecular complexity index is 1210. The van der Waals surface area contributed by atoms with Crippen molar-refractivity contribution in [3.05, 3.63) is 78.0 Å². The molecular formula is C23H21N5O3S. The molecule has 3 aromatic heterocycles. The molecule has 5 rings (SSSR count). The lowest BCUT2D eigenvalue weighted by Gasteiger charge is -2.32. The van der Waals surface area contributed by atoms with Crippen LogP contribution in [0.25, 0.3) is 16.3 Å². The number of nitrogens with one attached hydrogen (secondary N) is 1. The Labute approximate surface area is 188 Å². The Morgan fingerprint density at radius 2 is 1.94 bits per heavy atom. The van der Waals surface area contributed by atoms with Crippen LogP contribution in [-0.4, -0.2) is 50.6 Å². The second kappa shape index (κ2) is 8.80. The van der Waals surface area contributed by atoms with Crippen molar-refractivity contribution in [3.63, 3.8) is 0 Å². The molecular weight excluding hydrogens is 426 g/mol. The van der Waals surface area contributed by atoms with Crippen LogP contribution in [-0.2, 0) is 0 Å². The van der Waals surface area contributed by atoms with E-state index in [0.717, 1.165) is 16.3 Å². The number of nitrogens with zero attached hydrogens (tertiary/aromatic N) is 4. The van der Waals surface area contributed by atoms with Gasteiger partial charge in [0.05, 0.1) is 23.7 Å². The summed E-state index contributed by atoms with van der Waals surface area (Å²) >= 11 is 1.42. The summed E-state index contributed by atoms with van der Waals surface area (Å²) in [6.07, 6.45) is 8.02. The molecule has 4 aromatic rings. The summed E-state index contributed by atoms with van der Waals surface area (Å²) in [7, 11) is 0. The summed E-state index contributed by atoms with van der Waals surface area (Å²) in [5, 5.41) is 9.96. The number of likely N-dealkylation sites (tertiary alicyclic amines) is 1. The quantitative estimate of drug-likeness (QED) is 0.504. The van der Waals surface area contributed by atoms with E-state index >= 15 is 0 Å². The van der Waals surface area contributed by atoms with Crippen LogP contribution in [0.2, 0.25) is 0 Å². The topological polar surface area (TPSA) is 93.3 Å². The number of carbonyl (C=O) groups is 2. The maximum Gasteiger partial charge on any atom is 0.270 e. The molecule has 8 nitrogen and oxygen atoms in total. The van der Waals surface area contributed by atoms with E-state index in [-0.39, 0.29) is 17.9 Å². The number of carbonyl (C=O) groups excluding carboxylic acids is 2. The van der Waals surface area contributed by atoms with Gasteiger partial charge < -0.3 is 14.6 Å². The number of aromatic nitrogens is 3. The molecule has 1 N–H and O–H groups in total. The fraction of sp³-hybridized carbons (Fsp3) is 0.217. The zero-order valence-electron chi connectivity index (χ0n) is 17.2. The molecule has 0 atom stereocenters. The average Bonchev–Trinajstić information content (AvgIpc) is 3.61. The van der Waals surface area contributed by atoms with Gasteiger partial charge in [0.25, 0.3) is 11.8 Å². The summed E-state index contributed by atoms with van der Waals surface area (Å²) in [6, 6.07) is 11.5. The Balaban J connectivity index is 1.18. The van der Waals surface area contributed by atoms with E-state index < -0.39 is 0 Å². The Hall–Kier alpha value is -3.72. The minimum atomic E-state index is -0.192. The van der Waals surface area contributed by atoms with Crippen LogP contribution in [0.4, 0.5) is 0 Å². The third-order valence-electron chi connectivity index (χ3n) is 5.47. The molecule has 0 spiro atoms. The number of thiazole rings is 1. The van der Waals surface area contributed by atoms with Gasteiger partial charge in [-0.2, -0.15) is 5.10 Å². The van der Waals surface area contributed by atoms with Gasteiger partial charge in [-0.05, 0) is 31.0 Å². The van der Waals surface area contributed by atoms with Crippen LogP contribution in [0.5, 0.6) is 0 Å². The average molecular weight is 448 g/mol. The minimum Gasteiger partial charge on any atom is -0.472 e. The van der Waals surface area contributed by atoms with Crippen molar-refractivity contribution in [2.45, 2.75) is 18.9 Å². The first-order valence-electron chi connectivity index (χ1n) is 10.4. The van der Waals surface area contributed by atoms with Gasteiger partial charge in [0.15, 0.2) is 0 Å². The first kappa shape index (κ1) is 20.2. The predicted molar refractivity (Wildman–Crippen MR) is 120 cm³/mol. The van der Waals surface area contributed by atoms with E-state index in [4.69, 9.17) is 4.42 Å². The van der Waals surface area contributed by atoms with Gasteiger partial charge in [0.2, 0.25) is 0 Å². The molecule has 162 valence electrons. The molecule has 0 bridgehead atoms. The summed E-state index contributed by atoms with van der Waals surface area (Å²) in [4.78, 5) is 31.4. The fourth-order valence-corrected chi connectivity index (χ4v) is 4.50. The number of hydrogen-bond donors (Lipinski definition) is 1. The van der Waals surface area contributed by atoms with E-state index in [1.165, 1.54) is 23.9 Å². The van der Waals surface area contributed by atoms with E-state index in [9.17, 15) is 9.59 Å². The summed E-state index contributed by atoms with van der Waals surface area (Å²) < 4.78 is 6.78. The summed E-state index contributed by atoms with van der Waals surface area (Å²) in [5.74, 6) is -0.230. The fourth-order valence-electron chi connectivity index (χ4n) is 3.72. The zero-order valence-corrected chi connectivity index (χ0v) is 18.0. The van der Waals surface area contributed by atoms with E-state index in [1.54, 1.807) is 27.2 Å². The molecule has 1 aliphatic rings. The molecule has 0 unspecified atom stereocenters. The molecule has 2 amide bonds. The third kappa shape index (κ3) is 4.19. The van der Waals surface area contributed by atoms with Crippen LogP contribution in [0.1, 0.15) is 33.7 Å². The van der Waals surface area contributed by atoms with Crippen LogP contribution >= 0.6 is 11.3 Å². The molecule has 0 saturated carbocycles. The minimum absolute atomic E-state index is 0.0156. The predicted octanol–water partition coefficient (Wildman–Crippen LogP) is 3.62. The zero-order chi connectivity index (χ0) is 21.9. The van der Waals surface area contributed by atoms with Crippen molar-refractivity contribution >= 4 is 23.2 Å². The molecule has 1 aliphatic heterocycles. The lowest BCUT2D eigenvalue weighted by Crippen LogP contribution is -2.46.